The smallest absolute Gasteiger partial charge is 0.258 e. The van der Waals surface area contributed by atoms with Crippen molar-refractivity contribution in [2.75, 3.05) is 0 Å². The molecule has 0 atom stereocenters. The number of carbonyl (C=O) groups excluding carboxylic acids is 1. The summed E-state index contributed by atoms with van der Waals surface area (Å²) >= 11 is 11.5. The minimum absolute atomic E-state index is 0.0348. The van der Waals surface area contributed by atoms with Gasteiger partial charge in [-0.3, -0.25) is 10.2 Å². The summed E-state index contributed by atoms with van der Waals surface area (Å²) in [7, 11) is -3.91. The molecule has 0 spiro atoms. The van der Waals surface area contributed by atoms with Crippen LogP contribution in [0.5, 0.6) is 0 Å². The number of nitrogens with one attached hydrogen (secondary N) is 2. The third-order valence-corrected chi connectivity index (χ3v) is 4.40. The van der Waals surface area contributed by atoms with E-state index in [1.165, 1.54) is 18.2 Å². The zero-order valence-corrected chi connectivity index (χ0v) is 11.4. The predicted molar refractivity (Wildman–Crippen MR) is 67.7 cm³/mol. The summed E-state index contributed by atoms with van der Waals surface area (Å²) in [6, 6.07) is 4.07. The van der Waals surface area contributed by atoms with E-state index in [2.05, 4.69) is 5.43 Å². The molecule has 0 heterocycles. The monoisotopic (exact) mass is 308 g/mol. The molecule has 0 unspecified atom stereocenters. The van der Waals surface area contributed by atoms with Crippen LogP contribution in [0.15, 0.2) is 23.1 Å². The van der Waals surface area contributed by atoms with E-state index in [1.807, 2.05) is 4.83 Å². The van der Waals surface area contributed by atoms with Crippen LogP contribution in [0.25, 0.3) is 0 Å². The SMILES string of the molecule is O=C(NNS(=O)(=O)c1cc(Cl)ccc1Cl)C1CC1. The van der Waals surface area contributed by atoms with Crippen LogP contribution in [-0.2, 0) is 14.8 Å². The first-order valence-corrected chi connectivity index (χ1v) is 7.41. The molecule has 2 rings (SSSR count). The number of hydrogen-bond donors (Lipinski definition) is 2. The number of sulfonamides is 1. The first-order chi connectivity index (χ1) is 8.40. The second kappa shape index (κ2) is 5.05. The molecule has 1 fully saturated rings. The number of halogens is 2. The topological polar surface area (TPSA) is 75.3 Å². The van der Waals surface area contributed by atoms with Crippen LogP contribution in [0.3, 0.4) is 0 Å². The molecular weight excluding hydrogens is 299 g/mol. The highest BCUT2D eigenvalue weighted by Crippen LogP contribution is 2.29. The second-order valence-corrected chi connectivity index (χ2v) is 6.44. The number of amides is 1. The quantitative estimate of drug-likeness (QED) is 0.832. The Morgan fingerprint density at radius 2 is 1.94 bits per heavy atom. The molecule has 0 radical (unpaired) electrons. The molecule has 18 heavy (non-hydrogen) atoms. The van der Waals surface area contributed by atoms with Crippen molar-refractivity contribution < 1.29 is 13.2 Å². The molecule has 0 saturated heterocycles. The van der Waals surface area contributed by atoms with Gasteiger partial charge in [-0.2, -0.15) is 0 Å². The molecule has 8 heteroatoms. The van der Waals surface area contributed by atoms with E-state index in [0.29, 0.717) is 0 Å². The van der Waals surface area contributed by atoms with Crippen LogP contribution in [0, 0.1) is 5.92 Å². The molecule has 1 saturated carbocycles. The van der Waals surface area contributed by atoms with Crippen LogP contribution in [0.1, 0.15) is 12.8 Å². The molecule has 1 aliphatic rings. The van der Waals surface area contributed by atoms with Crippen LogP contribution in [0.4, 0.5) is 0 Å². The fourth-order valence-corrected chi connectivity index (χ4v) is 2.91. The van der Waals surface area contributed by atoms with E-state index >= 15 is 0 Å². The van der Waals surface area contributed by atoms with E-state index < -0.39 is 10.0 Å². The molecule has 1 aromatic carbocycles. The molecule has 1 aromatic rings. The average molecular weight is 309 g/mol. The maximum Gasteiger partial charge on any atom is 0.258 e. The first-order valence-electron chi connectivity index (χ1n) is 5.17. The van der Waals surface area contributed by atoms with E-state index in [9.17, 15) is 13.2 Å². The Kier molecular flexibility index (Phi) is 3.82. The van der Waals surface area contributed by atoms with Crippen molar-refractivity contribution in [3.8, 4) is 0 Å². The molecule has 1 amide bonds. The third kappa shape index (κ3) is 3.14. The van der Waals surface area contributed by atoms with Gasteiger partial charge in [0.15, 0.2) is 0 Å². The Hall–Kier alpha value is -0.820. The van der Waals surface area contributed by atoms with Crippen molar-refractivity contribution in [3.63, 3.8) is 0 Å². The van der Waals surface area contributed by atoms with Crippen molar-refractivity contribution in [1.29, 1.82) is 0 Å². The van der Waals surface area contributed by atoms with Gasteiger partial charge >= 0.3 is 0 Å². The van der Waals surface area contributed by atoms with Gasteiger partial charge in [-0.15, -0.1) is 4.83 Å². The number of benzene rings is 1. The molecule has 5 nitrogen and oxygen atoms in total. The zero-order chi connectivity index (χ0) is 13.3. The van der Waals surface area contributed by atoms with Crippen molar-refractivity contribution >= 4 is 39.1 Å². The molecule has 2 N–H and O–H groups in total. The van der Waals surface area contributed by atoms with Gasteiger partial charge in [0, 0.05) is 10.9 Å². The first kappa shape index (κ1) is 13.6. The highest BCUT2D eigenvalue weighted by molar-refractivity contribution is 7.89. The van der Waals surface area contributed by atoms with Gasteiger partial charge in [0.2, 0.25) is 5.91 Å². The Labute approximate surface area is 114 Å². The van der Waals surface area contributed by atoms with E-state index in [4.69, 9.17) is 23.2 Å². The molecular formula is C10H10Cl2N2O3S. The van der Waals surface area contributed by atoms with Gasteiger partial charge in [0.1, 0.15) is 4.90 Å². The lowest BCUT2D eigenvalue weighted by Gasteiger charge is -2.09. The van der Waals surface area contributed by atoms with Gasteiger partial charge < -0.3 is 0 Å². The number of hydrogen-bond acceptors (Lipinski definition) is 3. The van der Waals surface area contributed by atoms with Gasteiger partial charge in [-0.25, -0.2) is 8.42 Å². The van der Waals surface area contributed by atoms with Crippen LogP contribution >= 0.6 is 23.2 Å². The Bertz CT molecular complexity index is 585. The van der Waals surface area contributed by atoms with E-state index in [-0.39, 0.29) is 26.8 Å². The Morgan fingerprint density at radius 1 is 1.28 bits per heavy atom. The maximum atomic E-state index is 11.9. The van der Waals surface area contributed by atoms with Gasteiger partial charge in [0.25, 0.3) is 10.0 Å². The van der Waals surface area contributed by atoms with E-state index in [0.717, 1.165) is 12.8 Å². The summed E-state index contributed by atoms with van der Waals surface area (Å²) in [5, 5.41) is 0.279. The van der Waals surface area contributed by atoms with Crippen LogP contribution in [-0.4, -0.2) is 14.3 Å². The van der Waals surface area contributed by atoms with Crippen LogP contribution < -0.4 is 10.3 Å². The number of carbonyl (C=O) groups is 1. The number of rotatable bonds is 4. The van der Waals surface area contributed by atoms with Gasteiger partial charge in [-0.05, 0) is 31.0 Å². The van der Waals surface area contributed by atoms with Crippen molar-refractivity contribution in [1.82, 2.24) is 10.3 Å². The third-order valence-electron chi connectivity index (χ3n) is 2.44. The lowest BCUT2D eigenvalue weighted by atomic mass is 10.4. The average Bonchev–Trinajstić information content (AvgIpc) is 3.13. The second-order valence-electron chi connectivity index (χ2n) is 3.94. The van der Waals surface area contributed by atoms with Crippen molar-refractivity contribution in [2.45, 2.75) is 17.7 Å². The van der Waals surface area contributed by atoms with Crippen molar-refractivity contribution in [2.24, 2.45) is 5.92 Å². The lowest BCUT2D eigenvalue weighted by Crippen LogP contribution is -2.42. The largest absolute Gasteiger partial charge is 0.277 e. The molecule has 0 aromatic heterocycles. The van der Waals surface area contributed by atoms with Gasteiger partial charge in [-0.1, -0.05) is 23.2 Å². The lowest BCUT2D eigenvalue weighted by molar-refractivity contribution is -0.122. The Morgan fingerprint density at radius 3 is 2.56 bits per heavy atom. The molecule has 0 aliphatic heterocycles. The zero-order valence-electron chi connectivity index (χ0n) is 9.11. The summed E-state index contributed by atoms with van der Waals surface area (Å²) in [6.45, 7) is 0. The highest BCUT2D eigenvalue weighted by atomic mass is 35.5. The molecule has 1 aliphatic carbocycles. The summed E-state index contributed by atoms with van der Waals surface area (Å²) in [6.07, 6.45) is 1.57. The van der Waals surface area contributed by atoms with Crippen LogP contribution in [0.2, 0.25) is 10.0 Å². The van der Waals surface area contributed by atoms with Crippen molar-refractivity contribution in [3.05, 3.63) is 28.2 Å². The van der Waals surface area contributed by atoms with E-state index in [1.54, 1.807) is 0 Å². The molecule has 98 valence electrons. The maximum absolute atomic E-state index is 11.9. The fraction of sp³-hybridized carbons (Fsp3) is 0.300. The van der Waals surface area contributed by atoms with Gasteiger partial charge in [0.05, 0.1) is 5.02 Å². The summed E-state index contributed by atoms with van der Waals surface area (Å²) in [4.78, 5) is 13.2. The number of hydrazine groups is 1. The Balaban J connectivity index is 2.14. The summed E-state index contributed by atoms with van der Waals surface area (Å²) in [5.41, 5.74) is 2.15. The molecule has 0 bridgehead atoms. The minimum Gasteiger partial charge on any atom is -0.277 e. The standard InChI is InChI=1S/C10H10Cl2N2O3S/c11-7-3-4-8(12)9(5-7)18(16,17)14-13-10(15)6-1-2-6/h3-6,14H,1-2H2,(H,13,15). The minimum atomic E-state index is -3.91. The normalized spacial score (nSPS) is 15.4. The summed E-state index contributed by atoms with van der Waals surface area (Å²) < 4.78 is 23.8. The predicted octanol–water partition coefficient (Wildman–Crippen LogP) is 1.71. The summed E-state index contributed by atoms with van der Waals surface area (Å²) in [5.74, 6) is -0.431. The fourth-order valence-electron chi connectivity index (χ4n) is 1.30. The highest BCUT2D eigenvalue weighted by Gasteiger charge is 2.30.